The van der Waals surface area contributed by atoms with Crippen LogP contribution in [0.4, 0.5) is 0 Å². The summed E-state index contributed by atoms with van der Waals surface area (Å²) in [5, 5.41) is 0. The summed E-state index contributed by atoms with van der Waals surface area (Å²) in [6.07, 6.45) is 19.4. The van der Waals surface area contributed by atoms with E-state index in [9.17, 15) is 19.2 Å². The summed E-state index contributed by atoms with van der Waals surface area (Å²) in [6.45, 7) is 9.98. The minimum Gasteiger partial charge on any atom is -0.463 e. The summed E-state index contributed by atoms with van der Waals surface area (Å²) in [6, 6.07) is 6.74. The van der Waals surface area contributed by atoms with Gasteiger partial charge in [-0.2, -0.15) is 0 Å². The molecule has 44 heavy (non-hydrogen) atoms. The Morgan fingerprint density at radius 2 is 0.773 bits per heavy atom. The van der Waals surface area contributed by atoms with Crippen molar-refractivity contribution in [2.75, 3.05) is 26.4 Å². The Morgan fingerprint density at radius 3 is 1.14 bits per heavy atom. The van der Waals surface area contributed by atoms with Gasteiger partial charge in [0.15, 0.2) is 0 Å². The largest absolute Gasteiger partial charge is 0.463 e. The number of carbonyl (C=O) groups excluding carboxylic acids is 4. The van der Waals surface area contributed by atoms with Crippen LogP contribution in [0.2, 0.25) is 0 Å². The summed E-state index contributed by atoms with van der Waals surface area (Å²) in [5.41, 5.74) is 0.586. The lowest BCUT2D eigenvalue weighted by Gasteiger charge is -2.10. The molecule has 8 nitrogen and oxygen atoms in total. The topological polar surface area (TPSA) is 105 Å². The Kier molecular flexibility index (Phi) is 27.7. The van der Waals surface area contributed by atoms with Gasteiger partial charge in [-0.05, 0) is 37.8 Å². The fourth-order valence-corrected chi connectivity index (χ4v) is 3.96. The second-order valence-corrected chi connectivity index (χ2v) is 10.7. The number of hydrogen-bond donors (Lipinski definition) is 0. The zero-order chi connectivity index (χ0) is 32.7. The lowest BCUT2D eigenvalue weighted by Crippen LogP contribution is -2.15. The molecule has 0 bridgehead atoms. The van der Waals surface area contributed by atoms with Crippen LogP contribution in [0.5, 0.6) is 0 Å². The van der Waals surface area contributed by atoms with E-state index in [2.05, 4.69) is 13.8 Å². The van der Waals surface area contributed by atoms with Crippen LogP contribution in [0.3, 0.4) is 0 Å². The van der Waals surface area contributed by atoms with Crippen molar-refractivity contribution in [2.45, 2.75) is 130 Å². The molecular formula is C36H58O8. The monoisotopic (exact) mass is 618 g/mol. The van der Waals surface area contributed by atoms with Crippen LogP contribution in [0.1, 0.15) is 151 Å². The number of benzene rings is 1. The van der Waals surface area contributed by atoms with Crippen molar-refractivity contribution in [1.29, 1.82) is 0 Å². The van der Waals surface area contributed by atoms with Gasteiger partial charge in [0.25, 0.3) is 0 Å². The lowest BCUT2D eigenvalue weighted by atomic mass is 10.1. The molecule has 0 heterocycles. The van der Waals surface area contributed by atoms with Gasteiger partial charge in [0, 0.05) is 12.2 Å². The Bertz CT molecular complexity index is 851. The third kappa shape index (κ3) is 23.3. The van der Waals surface area contributed by atoms with Gasteiger partial charge in [-0.1, -0.05) is 117 Å². The Morgan fingerprint density at radius 1 is 0.455 bits per heavy atom. The molecule has 1 aromatic rings. The molecule has 0 fully saturated rings. The number of esters is 4. The van der Waals surface area contributed by atoms with E-state index in [1.165, 1.54) is 51.4 Å². The van der Waals surface area contributed by atoms with Crippen molar-refractivity contribution in [3.05, 3.63) is 47.5 Å². The Hall–Kier alpha value is -3.16. The summed E-state index contributed by atoms with van der Waals surface area (Å²) in [4.78, 5) is 46.8. The van der Waals surface area contributed by atoms with E-state index < -0.39 is 23.9 Å². The quantitative estimate of drug-likeness (QED) is 0.0489. The second-order valence-electron chi connectivity index (χ2n) is 10.7. The van der Waals surface area contributed by atoms with Crippen LogP contribution in [0.15, 0.2) is 36.4 Å². The molecule has 0 aliphatic rings. The van der Waals surface area contributed by atoms with E-state index in [-0.39, 0.29) is 0 Å². The van der Waals surface area contributed by atoms with Crippen LogP contribution < -0.4 is 0 Å². The molecular weight excluding hydrogens is 560 g/mol. The molecule has 0 aliphatic heterocycles. The highest BCUT2D eigenvalue weighted by molar-refractivity contribution is 6.03. The van der Waals surface area contributed by atoms with E-state index in [1.807, 2.05) is 13.8 Å². The number of ether oxygens (including phenoxy) is 4. The maximum atomic E-state index is 12.4. The predicted octanol–water partition coefficient (Wildman–Crippen LogP) is 8.95. The van der Waals surface area contributed by atoms with Gasteiger partial charge in [0.2, 0.25) is 0 Å². The van der Waals surface area contributed by atoms with Crippen molar-refractivity contribution in [2.24, 2.45) is 0 Å². The number of rotatable bonds is 24. The Labute approximate surface area is 266 Å². The molecule has 0 spiro atoms. The zero-order valence-corrected chi connectivity index (χ0v) is 27.9. The van der Waals surface area contributed by atoms with Crippen molar-refractivity contribution in [3.8, 4) is 0 Å². The van der Waals surface area contributed by atoms with E-state index in [0.29, 0.717) is 37.6 Å². The second kappa shape index (κ2) is 29.9. The van der Waals surface area contributed by atoms with E-state index in [1.54, 1.807) is 24.3 Å². The summed E-state index contributed by atoms with van der Waals surface area (Å²) in [7, 11) is 0. The van der Waals surface area contributed by atoms with E-state index in [4.69, 9.17) is 18.9 Å². The lowest BCUT2D eigenvalue weighted by molar-refractivity contribution is -0.140. The van der Waals surface area contributed by atoms with Crippen LogP contribution in [0, 0.1) is 0 Å². The molecule has 0 aromatic heterocycles. The molecule has 0 saturated carbocycles. The van der Waals surface area contributed by atoms with Crippen molar-refractivity contribution in [1.82, 2.24) is 0 Å². The van der Waals surface area contributed by atoms with Gasteiger partial charge < -0.3 is 18.9 Å². The van der Waals surface area contributed by atoms with Crippen molar-refractivity contribution in [3.63, 3.8) is 0 Å². The van der Waals surface area contributed by atoms with Gasteiger partial charge in [-0.15, -0.1) is 0 Å². The van der Waals surface area contributed by atoms with Gasteiger partial charge in [0.05, 0.1) is 37.6 Å². The highest BCUT2D eigenvalue weighted by Gasteiger charge is 2.18. The Balaban J connectivity index is 0.000000983. The maximum absolute atomic E-state index is 12.4. The van der Waals surface area contributed by atoms with Gasteiger partial charge in [0.1, 0.15) is 0 Å². The smallest absolute Gasteiger partial charge is 0.339 e. The van der Waals surface area contributed by atoms with Gasteiger partial charge in [-0.25, -0.2) is 19.2 Å². The molecule has 0 N–H and O–H groups in total. The molecule has 0 atom stereocenters. The minimum absolute atomic E-state index is 0.293. The average Bonchev–Trinajstić information content (AvgIpc) is 3.03. The molecule has 0 radical (unpaired) electrons. The molecule has 250 valence electrons. The number of unbranched alkanes of at least 4 members (excludes halogenated alkanes) is 12. The SMILES string of the molecule is CCCCCCCCOC(=O)c1ccccc1C(=O)OCCCCCCCC.CCCCOC(=O)/C=C/C(=O)OCCCC. The van der Waals surface area contributed by atoms with Crippen LogP contribution >= 0.6 is 0 Å². The third-order valence-corrected chi connectivity index (χ3v) is 6.67. The first-order valence-corrected chi connectivity index (χ1v) is 16.9. The fourth-order valence-electron chi connectivity index (χ4n) is 3.96. The van der Waals surface area contributed by atoms with Gasteiger partial charge >= 0.3 is 23.9 Å². The number of carbonyl (C=O) groups is 4. The third-order valence-electron chi connectivity index (χ3n) is 6.67. The minimum atomic E-state index is -0.499. The normalized spacial score (nSPS) is 10.5. The van der Waals surface area contributed by atoms with E-state index >= 15 is 0 Å². The maximum Gasteiger partial charge on any atom is 0.339 e. The highest BCUT2D eigenvalue weighted by atomic mass is 16.5. The summed E-state index contributed by atoms with van der Waals surface area (Å²) >= 11 is 0. The van der Waals surface area contributed by atoms with Gasteiger partial charge in [-0.3, -0.25) is 0 Å². The zero-order valence-electron chi connectivity index (χ0n) is 27.9. The first-order chi connectivity index (χ1) is 21.4. The molecule has 1 aromatic carbocycles. The fraction of sp³-hybridized carbons (Fsp3) is 0.667. The first kappa shape index (κ1) is 40.8. The van der Waals surface area contributed by atoms with Crippen molar-refractivity contribution >= 4 is 23.9 Å². The molecule has 0 amide bonds. The average molecular weight is 619 g/mol. The number of hydrogen-bond acceptors (Lipinski definition) is 8. The first-order valence-electron chi connectivity index (χ1n) is 16.9. The van der Waals surface area contributed by atoms with Crippen LogP contribution in [0.25, 0.3) is 0 Å². The van der Waals surface area contributed by atoms with Crippen molar-refractivity contribution < 1.29 is 38.1 Å². The van der Waals surface area contributed by atoms with Crippen LogP contribution in [-0.2, 0) is 28.5 Å². The summed E-state index contributed by atoms with van der Waals surface area (Å²) in [5.74, 6) is -1.89. The predicted molar refractivity (Wildman–Crippen MR) is 175 cm³/mol. The summed E-state index contributed by atoms with van der Waals surface area (Å²) < 4.78 is 20.4. The molecule has 1 rings (SSSR count). The standard InChI is InChI=1S/C24H38O4.C12H20O4/c1-3-5-7-9-11-15-19-27-23(25)21-17-13-14-18-22(21)24(26)28-20-16-12-10-8-6-4-2;1-3-5-9-15-11(13)7-8-12(14)16-10-6-4-2/h13-14,17-18H,3-12,15-16,19-20H2,1-2H3;7-8H,3-6,9-10H2,1-2H3/b;8-7+. The van der Waals surface area contributed by atoms with Crippen LogP contribution in [-0.4, -0.2) is 50.3 Å². The molecule has 0 unspecified atom stereocenters. The molecule has 8 heteroatoms. The van der Waals surface area contributed by atoms with E-state index in [0.717, 1.165) is 63.5 Å². The molecule has 0 saturated heterocycles. The molecule has 0 aliphatic carbocycles. The highest BCUT2D eigenvalue weighted by Crippen LogP contribution is 2.14.